The van der Waals surface area contributed by atoms with Crippen LogP contribution in [0.2, 0.25) is 10.3 Å². The van der Waals surface area contributed by atoms with Gasteiger partial charge in [-0.3, -0.25) is 10.1 Å². The van der Waals surface area contributed by atoms with Crippen molar-refractivity contribution < 1.29 is 14.1 Å². The normalized spacial score (nSPS) is 10.5. The van der Waals surface area contributed by atoms with Gasteiger partial charge in [0.15, 0.2) is 5.75 Å². The Bertz CT molecular complexity index is 715. The van der Waals surface area contributed by atoms with Gasteiger partial charge in [-0.1, -0.05) is 23.2 Å². The van der Waals surface area contributed by atoms with E-state index in [0.29, 0.717) is 5.56 Å². The van der Waals surface area contributed by atoms with Crippen molar-refractivity contribution in [2.24, 2.45) is 0 Å². The molecule has 0 bridgehead atoms. The van der Waals surface area contributed by atoms with Crippen molar-refractivity contribution in [2.75, 3.05) is 0 Å². The summed E-state index contributed by atoms with van der Waals surface area (Å²) >= 11 is 14.4. The van der Waals surface area contributed by atoms with E-state index in [-0.39, 0.29) is 32.8 Å². The second-order valence-corrected chi connectivity index (χ2v) is 5.46. The molecule has 0 saturated heterocycles. The summed E-state index contributed by atoms with van der Waals surface area (Å²) in [5.41, 5.74) is 0.111. The predicted octanol–water partition coefficient (Wildman–Crippen LogP) is 4.78. The van der Waals surface area contributed by atoms with E-state index >= 15 is 0 Å². The van der Waals surface area contributed by atoms with Crippen LogP contribution in [0.5, 0.6) is 5.75 Å². The van der Waals surface area contributed by atoms with Gasteiger partial charge in [-0.25, -0.2) is 9.37 Å². The average Bonchev–Trinajstić information content (AvgIpc) is 2.41. The molecule has 21 heavy (non-hydrogen) atoms. The maximum absolute atomic E-state index is 13.5. The summed E-state index contributed by atoms with van der Waals surface area (Å²) in [7, 11) is 0. The number of aromatic nitrogens is 1. The lowest BCUT2D eigenvalue weighted by atomic mass is 10.2. The quantitative estimate of drug-likeness (QED) is 0.424. The summed E-state index contributed by atoms with van der Waals surface area (Å²) in [5, 5.41) is 11.3. The van der Waals surface area contributed by atoms with Crippen molar-refractivity contribution in [2.45, 2.75) is 6.61 Å². The third-order valence-corrected chi connectivity index (χ3v) is 3.62. The standard InChI is InChI=1S/C12H6BrCl2FN2O3/c13-7-3-9(18(19)20)10(4-8(7)16)21-5-6-1-2-11(14)17-12(6)15/h1-4H,5H2. The monoisotopic (exact) mass is 394 g/mol. The SMILES string of the molecule is O=[N+]([O-])c1cc(Br)c(F)cc1OCc1ccc(Cl)nc1Cl. The number of ether oxygens (including phenoxy) is 1. The highest BCUT2D eigenvalue weighted by Crippen LogP contribution is 2.33. The van der Waals surface area contributed by atoms with E-state index in [1.807, 2.05) is 0 Å². The smallest absolute Gasteiger partial charge is 0.312 e. The molecule has 0 unspecified atom stereocenters. The van der Waals surface area contributed by atoms with Crippen molar-refractivity contribution in [3.05, 3.63) is 60.5 Å². The summed E-state index contributed by atoms with van der Waals surface area (Å²) in [4.78, 5) is 14.1. The molecule has 2 rings (SSSR count). The first kappa shape index (κ1) is 15.9. The van der Waals surface area contributed by atoms with Crippen LogP contribution in [0.3, 0.4) is 0 Å². The molecule has 0 aliphatic rings. The summed E-state index contributed by atoms with van der Waals surface area (Å²) < 4.78 is 18.7. The summed E-state index contributed by atoms with van der Waals surface area (Å²) in [5.74, 6) is -0.873. The number of nitrogens with zero attached hydrogens (tertiary/aromatic N) is 2. The van der Waals surface area contributed by atoms with E-state index in [1.54, 1.807) is 6.07 Å². The highest BCUT2D eigenvalue weighted by atomic mass is 79.9. The Labute approximate surface area is 136 Å². The van der Waals surface area contributed by atoms with E-state index in [2.05, 4.69) is 20.9 Å². The number of hydrogen-bond donors (Lipinski definition) is 0. The van der Waals surface area contributed by atoms with Crippen LogP contribution in [0.4, 0.5) is 10.1 Å². The van der Waals surface area contributed by atoms with Gasteiger partial charge in [0.2, 0.25) is 0 Å². The molecule has 0 atom stereocenters. The van der Waals surface area contributed by atoms with Crippen LogP contribution >= 0.6 is 39.1 Å². The van der Waals surface area contributed by atoms with Gasteiger partial charge in [0.25, 0.3) is 0 Å². The fourth-order valence-electron chi connectivity index (χ4n) is 1.48. The lowest BCUT2D eigenvalue weighted by Crippen LogP contribution is -2.01. The highest BCUT2D eigenvalue weighted by Gasteiger charge is 2.19. The molecule has 1 aromatic heterocycles. The number of benzene rings is 1. The molecule has 5 nitrogen and oxygen atoms in total. The topological polar surface area (TPSA) is 65.3 Å². The molecule has 0 N–H and O–H groups in total. The maximum Gasteiger partial charge on any atom is 0.312 e. The zero-order valence-corrected chi connectivity index (χ0v) is 13.2. The minimum Gasteiger partial charge on any atom is -0.482 e. The van der Waals surface area contributed by atoms with Crippen LogP contribution in [-0.4, -0.2) is 9.91 Å². The van der Waals surface area contributed by atoms with Gasteiger partial charge in [-0.15, -0.1) is 0 Å². The first-order valence-corrected chi connectivity index (χ1v) is 7.00. The molecule has 1 aromatic carbocycles. The van der Waals surface area contributed by atoms with Crippen molar-refractivity contribution in [1.29, 1.82) is 0 Å². The Kier molecular flexibility index (Phi) is 4.97. The van der Waals surface area contributed by atoms with Gasteiger partial charge < -0.3 is 4.74 Å². The van der Waals surface area contributed by atoms with E-state index in [0.717, 1.165) is 12.1 Å². The second kappa shape index (κ2) is 6.55. The van der Waals surface area contributed by atoms with Crippen molar-refractivity contribution in [1.82, 2.24) is 4.98 Å². The molecule has 0 spiro atoms. The Morgan fingerprint density at radius 1 is 1.38 bits per heavy atom. The first-order valence-electron chi connectivity index (χ1n) is 5.45. The van der Waals surface area contributed by atoms with Gasteiger partial charge >= 0.3 is 5.69 Å². The van der Waals surface area contributed by atoms with Crippen LogP contribution in [0, 0.1) is 15.9 Å². The Morgan fingerprint density at radius 2 is 2.10 bits per heavy atom. The molecule has 0 amide bonds. The molecule has 0 aliphatic carbocycles. The number of nitro groups is 1. The van der Waals surface area contributed by atoms with Gasteiger partial charge in [0.05, 0.1) is 9.40 Å². The average molecular weight is 396 g/mol. The fraction of sp³-hybridized carbons (Fsp3) is 0.0833. The van der Waals surface area contributed by atoms with E-state index < -0.39 is 10.7 Å². The molecule has 0 saturated carbocycles. The molecule has 110 valence electrons. The van der Waals surface area contributed by atoms with Crippen molar-refractivity contribution in [3.8, 4) is 5.75 Å². The van der Waals surface area contributed by atoms with E-state index in [4.69, 9.17) is 27.9 Å². The van der Waals surface area contributed by atoms with E-state index in [9.17, 15) is 14.5 Å². The molecular formula is C12H6BrCl2FN2O3. The van der Waals surface area contributed by atoms with Crippen LogP contribution in [0.1, 0.15) is 5.56 Å². The second-order valence-electron chi connectivity index (χ2n) is 3.86. The molecule has 2 aromatic rings. The third kappa shape index (κ3) is 3.81. The summed E-state index contributed by atoms with van der Waals surface area (Å²) in [6.45, 7) is -0.106. The molecule has 0 fully saturated rings. The molecule has 0 aliphatic heterocycles. The summed E-state index contributed by atoms with van der Waals surface area (Å²) in [6.07, 6.45) is 0. The van der Waals surface area contributed by atoms with Crippen LogP contribution < -0.4 is 4.74 Å². The summed E-state index contributed by atoms with van der Waals surface area (Å²) in [6, 6.07) is 5.03. The zero-order chi connectivity index (χ0) is 15.6. The maximum atomic E-state index is 13.5. The number of hydrogen-bond acceptors (Lipinski definition) is 4. The predicted molar refractivity (Wildman–Crippen MR) is 79.3 cm³/mol. The lowest BCUT2D eigenvalue weighted by Gasteiger charge is -2.08. The third-order valence-electron chi connectivity index (χ3n) is 2.47. The molecular weight excluding hydrogens is 390 g/mol. The minimum absolute atomic E-state index is 0.0206. The molecule has 1 heterocycles. The van der Waals surface area contributed by atoms with Gasteiger partial charge in [0.1, 0.15) is 22.7 Å². The van der Waals surface area contributed by atoms with Crippen molar-refractivity contribution in [3.63, 3.8) is 0 Å². The highest BCUT2D eigenvalue weighted by molar-refractivity contribution is 9.10. The fourth-order valence-corrected chi connectivity index (χ4v) is 2.21. The Hall–Kier alpha value is -1.44. The van der Waals surface area contributed by atoms with Crippen LogP contribution in [-0.2, 0) is 6.61 Å². The number of pyridine rings is 1. The Balaban J connectivity index is 2.27. The lowest BCUT2D eigenvalue weighted by molar-refractivity contribution is -0.386. The minimum atomic E-state index is -0.670. The Morgan fingerprint density at radius 3 is 2.71 bits per heavy atom. The van der Waals surface area contributed by atoms with Gasteiger partial charge in [0, 0.05) is 17.7 Å². The van der Waals surface area contributed by atoms with Crippen LogP contribution in [0.25, 0.3) is 0 Å². The molecule has 0 radical (unpaired) electrons. The number of nitro benzene ring substituents is 1. The van der Waals surface area contributed by atoms with Gasteiger partial charge in [-0.2, -0.15) is 0 Å². The zero-order valence-electron chi connectivity index (χ0n) is 10.1. The van der Waals surface area contributed by atoms with E-state index in [1.165, 1.54) is 6.07 Å². The van der Waals surface area contributed by atoms with Crippen LogP contribution in [0.15, 0.2) is 28.7 Å². The molecule has 9 heteroatoms. The number of halogens is 4. The van der Waals surface area contributed by atoms with Crippen molar-refractivity contribution >= 4 is 44.8 Å². The first-order chi connectivity index (χ1) is 9.88. The largest absolute Gasteiger partial charge is 0.482 e. The number of rotatable bonds is 4. The van der Waals surface area contributed by atoms with Gasteiger partial charge in [-0.05, 0) is 28.1 Å².